The summed E-state index contributed by atoms with van der Waals surface area (Å²) in [4.78, 5) is 22.4. The molecule has 2 rings (SSSR count). The Morgan fingerprint density at radius 2 is 2.00 bits per heavy atom. The standard InChI is InChI=1S/C11H15NO4/c1-2-5-3-6-4-7(5)11(12,10(15)16)8(6)9(13)14/h2,5-8H,1,3-4,12H2,(H,13,14)(H,15,16)/t5-,6-,7-,8+,11+/m1/s1. The average molecular weight is 225 g/mol. The smallest absolute Gasteiger partial charge is 0.324 e. The summed E-state index contributed by atoms with van der Waals surface area (Å²) >= 11 is 0. The van der Waals surface area contributed by atoms with Gasteiger partial charge in [0.15, 0.2) is 0 Å². The minimum atomic E-state index is -1.63. The molecule has 0 aromatic heterocycles. The molecule has 0 aromatic carbocycles. The Kier molecular flexibility index (Phi) is 2.31. The number of fused-ring (bicyclic) bond motifs is 2. The highest BCUT2D eigenvalue weighted by molar-refractivity contribution is 5.88. The van der Waals surface area contributed by atoms with Gasteiger partial charge in [0.25, 0.3) is 0 Å². The Morgan fingerprint density at radius 3 is 2.44 bits per heavy atom. The van der Waals surface area contributed by atoms with Crippen LogP contribution in [0.5, 0.6) is 0 Å². The number of carboxylic acid groups (broad SMARTS) is 2. The van der Waals surface area contributed by atoms with Crippen LogP contribution in [0, 0.1) is 23.7 Å². The lowest BCUT2D eigenvalue weighted by Gasteiger charge is -2.38. The third-order valence-electron chi connectivity index (χ3n) is 4.19. The molecule has 16 heavy (non-hydrogen) atoms. The molecule has 0 aliphatic heterocycles. The van der Waals surface area contributed by atoms with E-state index in [9.17, 15) is 14.7 Å². The average Bonchev–Trinajstić information content (AvgIpc) is 2.72. The van der Waals surface area contributed by atoms with E-state index < -0.39 is 23.4 Å². The van der Waals surface area contributed by atoms with Gasteiger partial charge in [0.2, 0.25) is 0 Å². The number of carboxylic acids is 2. The van der Waals surface area contributed by atoms with Crippen molar-refractivity contribution >= 4 is 11.9 Å². The van der Waals surface area contributed by atoms with Crippen LogP contribution in [0.2, 0.25) is 0 Å². The molecule has 0 heterocycles. The zero-order valence-electron chi connectivity index (χ0n) is 8.80. The van der Waals surface area contributed by atoms with Gasteiger partial charge in [0, 0.05) is 0 Å². The lowest BCUT2D eigenvalue weighted by molar-refractivity contribution is -0.159. The van der Waals surface area contributed by atoms with E-state index in [1.807, 2.05) is 0 Å². The third kappa shape index (κ3) is 1.15. The van der Waals surface area contributed by atoms with Crippen molar-refractivity contribution in [3.63, 3.8) is 0 Å². The van der Waals surface area contributed by atoms with Crippen molar-refractivity contribution in [1.82, 2.24) is 0 Å². The zero-order valence-corrected chi connectivity index (χ0v) is 8.80. The van der Waals surface area contributed by atoms with Gasteiger partial charge in [-0.1, -0.05) is 6.08 Å². The number of allylic oxidation sites excluding steroid dienone is 1. The summed E-state index contributed by atoms with van der Waals surface area (Å²) in [6.45, 7) is 3.66. The number of nitrogens with two attached hydrogens (primary N) is 1. The van der Waals surface area contributed by atoms with Crippen molar-refractivity contribution in [2.24, 2.45) is 29.4 Å². The molecular weight excluding hydrogens is 210 g/mol. The van der Waals surface area contributed by atoms with E-state index in [0.717, 1.165) is 0 Å². The predicted octanol–water partition coefficient (Wildman–Crippen LogP) is 0.311. The summed E-state index contributed by atoms with van der Waals surface area (Å²) in [6, 6.07) is 0. The zero-order chi connectivity index (χ0) is 12.1. The van der Waals surface area contributed by atoms with E-state index in [1.54, 1.807) is 6.08 Å². The minimum Gasteiger partial charge on any atom is -0.481 e. The van der Waals surface area contributed by atoms with Crippen molar-refractivity contribution in [3.05, 3.63) is 12.7 Å². The summed E-state index contributed by atoms with van der Waals surface area (Å²) < 4.78 is 0. The molecule has 2 fully saturated rings. The molecule has 2 bridgehead atoms. The van der Waals surface area contributed by atoms with E-state index >= 15 is 0 Å². The molecule has 2 aliphatic rings. The first-order valence-corrected chi connectivity index (χ1v) is 5.30. The Hall–Kier alpha value is -1.36. The summed E-state index contributed by atoms with van der Waals surface area (Å²) in [7, 11) is 0. The van der Waals surface area contributed by atoms with Gasteiger partial charge in [0.1, 0.15) is 5.54 Å². The molecule has 0 amide bonds. The molecule has 4 N–H and O–H groups in total. The van der Waals surface area contributed by atoms with Gasteiger partial charge in [-0.2, -0.15) is 0 Å². The molecule has 0 saturated heterocycles. The lowest BCUT2D eigenvalue weighted by atomic mass is 9.69. The van der Waals surface area contributed by atoms with Crippen LogP contribution in [-0.4, -0.2) is 27.7 Å². The van der Waals surface area contributed by atoms with Crippen LogP contribution in [0.4, 0.5) is 0 Å². The van der Waals surface area contributed by atoms with Crippen molar-refractivity contribution in [3.8, 4) is 0 Å². The van der Waals surface area contributed by atoms with Crippen molar-refractivity contribution in [2.45, 2.75) is 18.4 Å². The first-order valence-electron chi connectivity index (χ1n) is 5.30. The van der Waals surface area contributed by atoms with Gasteiger partial charge in [-0.05, 0) is 30.6 Å². The summed E-state index contributed by atoms with van der Waals surface area (Å²) in [5.41, 5.74) is 4.24. The van der Waals surface area contributed by atoms with E-state index in [1.165, 1.54) is 0 Å². The van der Waals surface area contributed by atoms with Crippen molar-refractivity contribution < 1.29 is 19.8 Å². The minimum absolute atomic E-state index is 0.0294. The first-order chi connectivity index (χ1) is 7.42. The number of rotatable bonds is 3. The van der Waals surface area contributed by atoms with Crippen molar-refractivity contribution in [1.29, 1.82) is 0 Å². The molecule has 2 aliphatic carbocycles. The van der Waals surface area contributed by atoms with Crippen LogP contribution >= 0.6 is 0 Å². The Balaban J connectivity index is 2.42. The number of carbonyl (C=O) groups is 2. The fourth-order valence-electron chi connectivity index (χ4n) is 3.51. The second-order valence-electron chi connectivity index (χ2n) is 4.79. The van der Waals surface area contributed by atoms with E-state index in [-0.39, 0.29) is 17.8 Å². The fourth-order valence-corrected chi connectivity index (χ4v) is 3.51. The highest BCUT2D eigenvalue weighted by atomic mass is 16.4. The van der Waals surface area contributed by atoms with Gasteiger partial charge < -0.3 is 15.9 Å². The van der Waals surface area contributed by atoms with Crippen LogP contribution in [0.3, 0.4) is 0 Å². The van der Waals surface area contributed by atoms with E-state index in [4.69, 9.17) is 10.8 Å². The summed E-state index contributed by atoms with van der Waals surface area (Å²) in [5, 5.41) is 18.3. The first kappa shape index (κ1) is 11.1. The molecule has 0 aromatic rings. The lowest BCUT2D eigenvalue weighted by Crippen LogP contribution is -2.61. The molecule has 2 saturated carbocycles. The highest BCUT2D eigenvalue weighted by Gasteiger charge is 2.66. The van der Waals surface area contributed by atoms with Gasteiger partial charge in [-0.25, -0.2) is 0 Å². The normalized spacial score (nSPS) is 45.6. The quantitative estimate of drug-likeness (QED) is 0.600. The van der Waals surface area contributed by atoms with Crippen molar-refractivity contribution in [2.75, 3.05) is 0 Å². The summed E-state index contributed by atoms with van der Waals surface area (Å²) in [6.07, 6.45) is 2.97. The van der Waals surface area contributed by atoms with Gasteiger partial charge in [-0.3, -0.25) is 9.59 Å². The SMILES string of the molecule is C=C[C@@H]1C[C@@H]2C[C@H]1[C@@](N)(C(=O)O)[C@@H]2C(=O)O. The molecule has 5 nitrogen and oxygen atoms in total. The fraction of sp³-hybridized carbons (Fsp3) is 0.636. The maximum absolute atomic E-state index is 11.3. The Bertz CT molecular complexity index is 367. The summed E-state index contributed by atoms with van der Waals surface area (Å²) in [5.74, 6) is -3.67. The predicted molar refractivity (Wildman–Crippen MR) is 55.6 cm³/mol. The Morgan fingerprint density at radius 1 is 1.38 bits per heavy atom. The van der Waals surface area contributed by atoms with Gasteiger partial charge in [-0.15, -0.1) is 6.58 Å². The molecule has 88 valence electrons. The molecule has 0 spiro atoms. The Labute approximate surface area is 92.9 Å². The maximum atomic E-state index is 11.3. The second-order valence-corrected chi connectivity index (χ2v) is 4.79. The monoisotopic (exact) mass is 225 g/mol. The molecule has 5 heteroatoms. The molecule has 0 unspecified atom stereocenters. The largest absolute Gasteiger partial charge is 0.481 e. The van der Waals surface area contributed by atoms with Crippen LogP contribution < -0.4 is 5.73 Å². The maximum Gasteiger partial charge on any atom is 0.324 e. The molecule has 5 atom stereocenters. The van der Waals surface area contributed by atoms with Crippen LogP contribution in [0.25, 0.3) is 0 Å². The van der Waals surface area contributed by atoms with Crippen LogP contribution in [0.15, 0.2) is 12.7 Å². The molecule has 0 radical (unpaired) electrons. The number of aliphatic carboxylic acids is 2. The highest BCUT2D eigenvalue weighted by Crippen LogP contribution is 2.56. The van der Waals surface area contributed by atoms with E-state index in [2.05, 4.69) is 6.58 Å². The topological polar surface area (TPSA) is 101 Å². The van der Waals surface area contributed by atoms with Crippen LogP contribution in [0.1, 0.15) is 12.8 Å². The second kappa shape index (κ2) is 3.31. The van der Waals surface area contributed by atoms with Crippen LogP contribution in [-0.2, 0) is 9.59 Å². The number of hydrogen-bond donors (Lipinski definition) is 3. The number of hydrogen-bond acceptors (Lipinski definition) is 3. The van der Waals surface area contributed by atoms with E-state index in [0.29, 0.717) is 12.8 Å². The molecular formula is C11H15NO4. The third-order valence-corrected chi connectivity index (χ3v) is 4.19. The van der Waals surface area contributed by atoms with Gasteiger partial charge in [0.05, 0.1) is 5.92 Å². The van der Waals surface area contributed by atoms with Gasteiger partial charge >= 0.3 is 11.9 Å².